The molecular formula is C18H22ClN3O2S. The maximum atomic E-state index is 9.91. The van der Waals surface area contributed by atoms with Gasteiger partial charge in [0.05, 0.1) is 7.11 Å². The van der Waals surface area contributed by atoms with Crippen molar-refractivity contribution in [3.63, 3.8) is 0 Å². The molecule has 3 N–H and O–H groups in total. The highest BCUT2D eigenvalue weighted by atomic mass is 35.5. The van der Waals surface area contributed by atoms with Crippen molar-refractivity contribution >= 4 is 29.3 Å². The molecule has 0 fully saturated rings. The highest BCUT2D eigenvalue weighted by molar-refractivity contribution is 7.99. The predicted octanol–water partition coefficient (Wildman–Crippen LogP) is 3.51. The van der Waals surface area contributed by atoms with Gasteiger partial charge in [0.15, 0.2) is 5.96 Å². The Balaban J connectivity index is 1.76. The number of ether oxygens (including phenoxy) is 1. The molecule has 0 unspecified atom stereocenters. The molecule has 0 amide bonds. The number of nitrogens with zero attached hydrogens (tertiary/aromatic N) is 1. The molecule has 0 aliphatic carbocycles. The molecular weight excluding hydrogens is 358 g/mol. The summed E-state index contributed by atoms with van der Waals surface area (Å²) >= 11 is 7.62. The first-order valence-electron chi connectivity index (χ1n) is 7.81. The van der Waals surface area contributed by atoms with Gasteiger partial charge >= 0.3 is 0 Å². The zero-order valence-corrected chi connectivity index (χ0v) is 15.8. The highest BCUT2D eigenvalue weighted by Crippen LogP contribution is 2.22. The smallest absolute Gasteiger partial charge is 0.191 e. The number of hydrogen-bond acceptors (Lipinski definition) is 4. The first-order chi connectivity index (χ1) is 12.1. The molecule has 0 aliphatic heterocycles. The average Bonchev–Trinajstić information content (AvgIpc) is 2.64. The third kappa shape index (κ3) is 6.40. The highest BCUT2D eigenvalue weighted by Gasteiger charge is 2.05. The van der Waals surface area contributed by atoms with E-state index in [2.05, 4.69) is 15.6 Å². The molecule has 2 aromatic rings. The van der Waals surface area contributed by atoms with E-state index < -0.39 is 0 Å². The third-order valence-corrected chi connectivity index (χ3v) is 4.70. The lowest BCUT2D eigenvalue weighted by Gasteiger charge is -2.13. The maximum Gasteiger partial charge on any atom is 0.191 e. The van der Waals surface area contributed by atoms with Crippen LogP contribution in [0.25, 0.3) is 0 Å². The normalized spacial score (nSPS) is 11.2. The van der Waals surface area contributed by atoms with E-state index in [4.69, 9.17) is 16.3 Å². The Bertz CT molecular complexity index is 708. The van der Waals surface area contributed by atoms with Crippen molar-refractivity contribution < 1.29 is 9.84 Å². The summed E-state index contributed by atoms with van der Waals surface area (Å²) < 4.78 is 5.18. The van der Waals surface area contributed by atoms with Gasteiger partial charge in [-0.05, 0) is 42.5 Å². The molecule has 2 rings (SSSR count). The van der Waals surface area contributed by atoms with Gasteiger partial charge in [0.2, 0.25) is 0 Å². The molecule has 7 heteroatoms. The summed E-state index contributed by atoms with van der Waals surface area (Å²) in [4.78, 5) is 5.36. The largest absolute Gasteiger partial charge is 0.508 e. The van der Waals surface area contributed by atoms with E-state index in [9.17, 15) is 5.11 Å². The van der Waals surface area contributed by atoms with E-state index in [1.807, 2.05) is 24.3 Å². The number of nitrogens with one attached hydrogen (secondary N) is 2. The van der Waals surface area contributed by atoms with Gasteiger partial charge in [-0.3, -0.25) is 4.99 Å². The van der Waals surface area contributed by atoms with Crippen molar-refractivity contribution in [1.82, 2.24) is 10.6 Å². The van der Waals surface area contributed by atoms with Crippen LogP contribution in [0.4, 0.5) is 0 Å². The summed E-state index contributed by atoms with van der Waals surface area (Å²) in [5.41, 5.74) is 0.748. The van der Waals surface area contributed by atoms with Crippen molar-refractivity contribution in [2.24, 2.45) is 4.99 Å². The van der Waals surface area contributed by atoms with E-state index in [0.717, 1.165) is 22.9 Å². The zero-order chi connectivity index (χ0) is 18.1. The number of aromatic hydroxyl groups is 1. The molecule has 0 spiro atoms. The van der Waals surface area contributed by atoms with Crippen LogP contribution in [0.1, 0.15) is 5.56 Å². The van der Waals surface area contributed by atoms with Crippen LogP contribution in [-0.2, 0) is 6.54 Å². The Morgan fingerprint density at radius 2 is 1.96 bits per heavy atom. The molecule has 0 heterocycles. The Labute approximate surface area is 157 Å². The number of benzene rings is 2. The lowest BCUT2D eigenvalue weighted by atomic mass is 10.2. The first kappa shape index (κ1) is 19.3. The van der Waals surface area contributed by atoms with Crippen LogP contribution in [0.15, 0.2) is 52.4 Å². The van der Waals surface area contributed by atoms with Gasteiger partial charge in [0, 0.05) is 41.4 Å². The molecule has 0 aromatic heterocycles. The standard InChI is InChI=1S/C18H22ClN3O2S/c1-20-18(21-9-10-25-16-6-3-14(19)4-7-16)22-12-13-11-15(24-2)5-8-17(13)23/h3-8,11,23H,9-10,12H2,1-2H3,(H2,20,21,22). The first-order valence-corrected chi connectivity index (χ1v) is 9.17. The van der Waals surface area contributed by atoms with Crippen LogP contribution in [0.5, 0.6) is 11.5 Å². The Morgan fingerprint density at radius 1 is 1.20 bits per heavy atom. The van der Waals surface area contributed by atoms with Gasteiger partial charge in [-0.2, -0.15) is 0 Å². The van der Waals surface area contributed by atoms with Crippen LogP contribution < -0.4 is 15.4 Å². The second-order valence-electron chi connectivity index (χ2n) is 5.15. The van der Waals surface area contributed by atoms with Crippen molar-refractivity contribution in [2.75, 3.05) is 26.5 Å². The van der Waals surface area contributed by atoms with Crippen LogP contribution in [0, 0.1) is 0 Å². The molecule has 0 saturated carbocycles. The minimum absolute atomic E-state index is 0.224. The monoisotopic (exact) mass is 379 g/mol. The van der Waals surface area contributed by atoms with Crippen molar-refractivity contribution in [2.45, 2.75) is 11.4 Å². The Hall–Kier alpha value is -2.05. The van der Waals surface area contributed by atoms with E-state index in [-0.39, 0.29) is 5.75 Å². The van der Waals surface area contributed by atoms with Crippen molar-refractivity contribution in [3.05, 3.63) is 53.1 Å². The number of phenols is 1. The van der Waals surface area contributed by atoms with Gasteiger partial charge < -0.3 is 20.5 Å². The molecule has 0 bridgehead atoms. The zero-order valence-electron chi connectivity index (χ0n) is 14.3. The van der Waals surface area contributed by atoms with Gasteiger partial charge in [-0.15, -0.1) is 11.8 Å². The lowest BCUT2D eigenvalue weighted by molar-refractivity contribution is 0.410. The molecule has 134 valence electrons. The summed E-state index contributed by atoms with van der Waals surface area (Å²) in [7, 11) is 3.32. The Morgan fingerprint density at radius 3 is 2.64 bits per heavy atom. The quantitative estimate of drug-likeness (QED) is 0.297. The van der Waals surface area contributed by atoms with Crippen LogP contribution >= 0.6 is 23.4 Å². The molecule has 2 aromatic carbocycles. The van der Waals surface area contributed by atoms with E-state index in [1.165, 1.54) is 4.90 Å². The molecule has 0 saturated heterocycles. The molecule has 0 aliphatic rings. The third-order valence-electron chi connectivity index (χ3n) is 3.43. The fraction of sp³-hybridized carbons (Fsp3) is 0.278. The summed E-state index contributed by atoms with van der Waals surface area (Å²) in [5.74, 6) is 2.50. The lowest BCUT2D eigenvalue weighted by Crippen LogP contribution is -2.37. The minimum atomic E-state index is 0.224. The summed E-state index contributed by atoms with van der Waals surface area (Å²) in [5, 5.41) is 17.1. The average molecular weight is 380 g/mol. The van der Waals surface area contributed by atoms with Gasteiger partial charge in [0.25, 0.3) is 0 Å². The number of aliphatic imine (C=N–C) groups is 1. The fourth-order valence-electron chi connectivity index (χ4n) is 2.10. The molecule has 5 nitrogen and oxygen atoms in total. The maximum absolute atomic E-state index is 9.91. The number of guanidine groups is 1. The number of thioether (sulfide) groups is 1. The summed E-state index contributed by atoms with van der Waals surface area (Å²) in [6, 6.07) is 12.9. The predicted molar refractivity (Wildman–Crippen MR) is 105 cm³/mol. The van der Waals surface area contributed by atoms with Gasteiger partial charge in [-0.25, -0.2) is 0 Å². The van der Waals surface area contributed by atoms with E-state index >= 15 is 0 Å². The van der Waals surface area contributed by atoms with Crippen LogP contribution in [0.2, 0.25) is 5.02 Å². The van der Waals surface area contributed by atoms with Gasteiger partial charge in [0.1, 0.15) is 11.5 Å². The fourth-order valence-corrected chi connectivity index (χ4v) is 2.99. The SMILES string of the molecule is CN=C(NCCSc1ccc(Cl)cc1)NCc1cc(OC)ccc1O. The molecule has 25 heavy (non-hydrogen) atoms. The second-order valence-corrected chi connectivity index (χ2v) is 6.75. The van der Waals surface area contributed by atoms with Crippen LogP contribution in [0.3, 0.4) is 0 Å². The minimum Gasteiger partial charge on any atom is -0.508 e. The molecule has 0 radical (unpaired) electrons. The van der Waals surface area contributed by atoms with E-state index in [0.29, 0.717) is 18.3 Å². The number of halogens is 1. The summed E-state index contributed by atoms with van der Waals surface area (Å²) in [6.07, 6.45) is 0. The Kier molecular flexibility index (Phi) is 7.76. The van der Waals surface area contributed by atoms with Crippen molar-refractivity contribution in [1.29, 1.82) is 0 Å². The van der Waals surface area contributed by atoms with E-state index in [1.54, 1.807) is 44.1 Å². The topological polar surface area (TPSA) is 65.9 Å². The van der Waals surface area contributed by atoms with Gasteiger partial charge in [-0.1, -0.05) is 11.6 Å². The van der Waals surface area contributed by atoms with Crippen LogP contribution in [-0.4, -0.2) is 37.5 Å². The second kappa shape index (κ2) is 10.1. The number of hydrogen-bond donors (Lipinski definition) is 3. The number of phenolic OH excluding ortho intramolecular Hbond substituents is 1. The van der Waals surface area contributed by atoms with Crippen molar-refractivity contribution in [3.8, 4) is 11.5 Å². The number of rotatable bonds is 7. The number of methoxy groups -OCH3 is 1. The molecule has 0 atom stereocenters. The summed E-state index contributed by atoms with van der Waals surface area (Å²) in [6.45, 7) is 1.21.